The van der Waals surface area contributed by atoms with Gasteiger partial charge in [-0.3, -0.25) is 4.79 Å². The number of carbonyl (C=O) groups is 1. The summed E-state index contributed by atoms with van der Waals surface area (Å²) in [4.78, 5) is 23.7. The molecule has 2 N–H and O–H groups in total. The van der Waals surface area contributed by atoms with Crippen LogP contribution in [0.15, 0.2) is 17.0 Å². The number of nitrogens with zero attached hydrogens (tertiary/aromatic N) is 2. The number of carbonyl (C=O) groups excluding carboxylic acids is 1. The number of oxazole rings is 1. The minimum absolute atomic E-state index is 0.115. The highest BCUT2D eigenvalue weighted by atomic mass is 16.3. The van der Waals surface area contributed by atoms with Crippen molar-refractivity contribution in [2.24, 2.45) is 0 Å². The van der Waals surface area contributed by atoms with Crippen molar-refractivity contribution in [3.8, 4) is 0 Å². The third-order valence-corrected chi connectivity index (χ3v) is 3.10. The number of H-pyrrole nitrogens is 1. The Morgan fingerprint density at radius 1 is 1.45 bits per heavy atom. The second kappa shape index (κ2) is 5.90. The molecule has 0 aliphatic rings. The number of aryl methyl sites for hydroxylation is 1. The lowest BCUT2D eigenvalue weighted by atomic mass is 10.1. The Hall–Kier alpha value is -2.11. The molecule has 20 heavy (non-hydrogen) atoms. The summed E-state index contributed by atoms with van der Waals surface area (Å²) in [6.45, 7) is 7.85. The highest BCUT2D eigenvalue weighted by molar-refractivity contribution is 5.93. The van der Waals surface area contributed by atoms with Gasteiger partial charge >= 0.3 is 0 Å². The molecule has 2 aromatic rings. The first-order valence-corrected chi connectivity index (χ1v) is 6.78. The van der Waals surface area contributed by atoms with Crippen molar-refractivity contribution in [1.82, 2.24) is 20.3 Å². The SMILES string of the molecule is CCC(NC(=O)c1ncoc1C(C)C)c1ncc(C)[nH]1. The summed E-state index contributed by atoms with van der Waals surface area (Å²) in [6.07, 6.45) is 3.80. The van der Waals surface area contributed by atoms with Crippen LogP contribution in [0.2, 0.25) is 0 Å². The molecule has 0 saturated carbocycles. The zero-order valence-corrected chi connectivity index (χ0v) is 12.2. The molecule has 2 aromatic heterocycles. The van der Waals surface area contributed by atoms with Gasteiger partial charge in [0.15, 0.2) is 12.1 Å². The van der Waals surface area contributed by atoms with E-state index in [1.54, 1.807) is 6.20 Å². The van der Waals surface area contributed by atoms with E-state index in [0.29, 0.717) is 11.5 Å². The molecule has 1 atom stereocenters. The summed E-state index contributed by atoms with van der Waals surface area (Å²) < 4.78 is 5.28. The monoisotopic (exact) mass is 276 g/mol. The Kier molecular flexibility index (Phi) is 4.22. The Labute approximate surface area is 118 Å². The number of imidazole rings is 1. The third kappa shape index (κ3) is 2.89. The highest BCUT2D eigenvalue weighted by Gasteiger charge is 2.22. The summed E-state index contributed by atoms with van der Waals surface area (Å²) in [5.74, 6) is 1.24. The van der Waals surface area contributed by atoms with Gasteiger partial charge in [-0.2, -0.15) is 0 Å². The van der Waals surface area contributed by atoms with Gasteiger partial charge in [0.05, 0.1) is 6.04 Å². The number of hydrogen-bond donors (Lipinski definition) is 2. The van der Waals surface area contributed by atoms with Crippen LogP contribution >= 0.6 is 0 Å². The molecule has 0 radical (unpaired) electrons. The van der Waals surface area contributed by atoms with E-state index in [2.05, 4.69) is 20.3 Å². The van der Waals surface area contributed by atoms with Crippen molar-refractivity contribution in [2.75, 3.05) is 0 Å². The van der Waals surface area contributed by atoms with Gasteiger partial charge in [-0.1, -0.05) is 20.8 Å². The molecule has 0 spiro atoms. The molecule has 1 amide bonds. The van der Waals surface area contributed by atoms with E-state index in [1.165, 1.54) is 6.39 Å². The van der Waals surface area contributed by atoms with E-state index in [9.17, 15) is 4.79 Å². The maximum absolute atomic E-state index is 12.3. The van der Waals surface area contributed by atoms with E-state index in [-0.39, 0.29) is 17.9 Å². The summed E-state index contributed by atoms with van der Waals surface area (Å²) in [6, 6.07) is -0.159. The Balaban J connectivity index is 2.15. The average Bonchev–Trinajstić information content (AvgIpc) is 3.04. The van der Waals surface area contributed by atoms with Crippen LogP contribution in [-0.2, 0) is 0 Å². The summed E-state index contributed by atoms with van der Waals surface area (Å²) in [7, 11) is 0. The molecule has 6 heteroatoms. The first-order chi connectivity index (χ1) is 9.52. The molecule has 6 nitrogen and oxygen atoms in total. The number of rotatable bonds is 5. The van der Waals surface area contributed by atoms with Crippen LogP contribution in [0, 0.1) is 6.92 Å². The molecule has 1 unspecified atom stereocenters. The molecule has 0 saturated heterocycles. The van der Waals surface area contributed by atoms with Gasteiger partial charge in [0.1, 0.15) is 11.6 Å². The smallest absolute Gasteiger partial charge is 0.274 e. The summed E-state index contributed by atoms with van der Waals surface area (Å²) >= 11 is 0. The van der Waals surface area contributed by atoms with Crippen molar-refractivity contribution in [3.63, 3.8) is 0 Å². The fourth-order valence-corrected chi connectivity index (χ4v) is 2.04. The van der Waals surface area contributed by atoms with Crippen LogP contribution in [0.25, 0.3) is 0 Å². The molecule has 0 aromatic carbocycles. The first kappa shape index (κ1) is 14.3. The van der Waals surface area contributed by atoms with Crippen LogP contribution in [0.3, 0.4) is 0 Å². The maximum Gasteiger partial charge on any atom is 0.274 e. The number of hydrogen-bond acceptors (Lipinski definition) is 4. The molecule has 0 fully saturated rings. The molecule has 108 valence electrons. The number of aromatic amines is 1. The normalized spacial score (nSPS) is 12.7. The largest absolute Gasteiger partial charge is 0.447 e. The number of nitrogens with one attached hydrogen (secondary N) is 2. The van der Waals surface area contributed by atoms with Crippen LogP contribution in [0.5, 0.6) is 0 Å². The lowest BCUT2D eigenvalue weighted by Gasteiger charge is -2.14. The Morgan fingerprint density at radius 2 is 2.20 bits per heavy atom. The van der Waals surface area contributed by atoms with E-state index in [4.69, 9.17) is 4.42 Å². The molecule has 0 aliphatic carbocycles. The predicted octanol–water partition coefficient (Wildman–Crippen LogP) is 2.71. The second-order valence-electron chi connectivity index (χ2n) is 5.11. The summed E-state index contributed by atoms with van der Waals surface area (Å²) in [5.41, 5.74) is 1.32. The minimum atomic E-state index is -0.233. The molecule has 0 bridgehead atoms. The van der Waals surface area contributed by atoms with E-state index >= 15 is 0 Å². The molecular formula is C14H20N4O2. The standard InChI is InChI=1S/C14H20N4O2/c1-5-10(13-15-6-9(4)17-13)18-14(19)11-12(8(2)3)20-7-16-11/h6-8,10H,5H2,1-4H3,(H,15,17)(H,18,19). The van der Waals surface area contributed by atoms with Gasteiger partial charge in [-0.15, -0.1) is 0 Å². The molecule has 2 rings (SSSR count). The topological polar surface area (TPSA) is 83.8 Å². The summed E-state index contributed by atoms with van der Waals surface area (Å²) in [5, 5.41) is 2.94. The number of amides is 1. The Bertz CT molecular complexity index is 586. The van der Waals surface area contributed by atoms with Gasteiger partial charge in [0.2, 0.25) is 0 Å². The van der Waals surface area contributed by atoms with Crippen LogP contribution < -0.4 is 5.32 Å². The van der Waals surface area contributed by atoms with Gasteiger partial charge in [0, 0.05) is 17.8 Å². The predicted molar refractivity (Wildman–Crippen MR) is 74.4 cm³/mol. The lowest BCUT2D eigenvalue weighted by Crippen LogP contribution is -2.30. The van der Waals surface area contributed by atoms with E-state index in [1.807, 2.05) is 27.7 Å². The second-order valence-corrected chi connectivity index (χ2v) is 5.11. The van der Waals surface area contributed by atoms with Crippen molar-refractivity contribution in [1.29, 1.82) is 0 Å². The average molecular weight is 276 g/mol. The van der Waals surface area contributed by atoms with E-state index in [0.717, 1.165) is 17.9 Å². The zero-order chi connectivity index (χ0) is 14.7. The first-order valence-electron chi connectivity index (χ1n) is 6.78. The molecule has 0 aliphatic heterocycles. The van der Waals surface area contributed by atoms with Crippen molar-refractivity contribution >= 4 is 5.91 Å². The quantitative estimate of drug-likeness (QED) is 0.879. The van der Waals surface area contributed by atoms with Gasteiger partial charge in [-0.05, 0) is 13.3 Å². The maximum atomic E-state index is 12.3. The van der Waals surface area contributed by atoms with E-state index < -0.39 is 0 Å². The van der Waals surface area contributed by atoms with Gasteiger partial charge in [-0.25, -0.2) is 9.97 Å². The molecular weight excluding hydrogens is 256 g/mol. The fourth-order valence-electron chi connectivity index (χ4n) is 2.04. The van der Waals surface area contributed by atoms with Crippen LogP contribution in [0.1, 0.15) is 66.9 Å². The third-order valence-electron chi connectivity index (χ3n) is 3.10. The van der Waals surface area contributed by atoms with Gasteiger partial charge in [0.25, 0.3) is 5.91 Å². The van der Waals surface area contributed by atoms with Crippen molar-refractivity contribution in [3.05, 3.63) is 35.6 Å². The lowest BCUT2D eigenvalue weighted by molar-refractivity contribution is 0.0927. The zero-order valence-electron chi connectivity index (χ0n) is 12.2. The fraction of sp³-hybridized carbons (Fsp3) is 0.500. The minimum Gasteiger partial charge on any atom is -0.447 e. The Morgan fingerprint density at radius 3 is 2.75 bits per heavy atom. The van der Waals surface area contributed by atoms with Gasteiger partial charge < -0.3 is 14.7 Å². The van der Waals surface area contributed by atoms with Crippen LogP contribution in [-0.4, -0.2) is 20.9 Å². The van der Waals surface area contributed by atoms with Crippen molar-refractivity contribution < 1.29 is 9.21 Å². The molecule has 2 heterocycles. The van der Waals surface area contributed by atoms with Crippen molar-refractivity contribution in [2.45, 2.75) is 46.1 Å². The van der Waals surface area contributed by atoms with Crippen LogP contribution in [0.4, 0.5) is 0 Å². The number of aromatic nitrogens is 3. The highest BCUT2D eigenvalue weighted by Crippen LogP contribution is 2.20.